The fourth-order valence-corrected chi connectivity index (χ4v) is 2.63. The first-order valence-electron chi connectivity index (χ1n) is 8.11. The van der Waals surface area contributed by atoms with E-state index in [0.717, 1.165) is 5.69 Å². The van der Waals surface area contributed by atoms with Crippen LogP contribution in [0.25, 0.3) is 0 Å². The topological polar surface area (TPSA) is 106 Å². The average molecular weight is 360 g/mol. The number of rotatable bonds is 8. The molecule has 2 rings (SSSR count). The van der Waals surface area contributed by atoms with Crippen LogP contribution in [-0.4, -0.2) is 33.2 Å². The molecule has 0 saturated heterocycles. The van der Waals surface area contributed by atoms with Crippen LogP contribution in [0.4, 0.5) is 17.6 Å². The second kappa shape index (κ2) is 9.22. The number of amides is 1. The minimum absolute atomic E-state index is 0.0127. The molecule has 1 amide bonds. The van der Waals surface area contributed by atoms with Crippen LogP contribution in [0.5, 0.6) is 0 Å². The molecule has 1 heterocycles. The zero-order chi connectivity index (χ0) is 18.2. The molecule has 4 N–H and O–H groups in total. The van der Waals surface area contributed by atoms with Crippen LogP contribution in [0.3, 0.4) is 0 Å². The molecule has 0 aliphatic heterocycles. The maximum Gasteiger partial charge on any atom is 0.232 e. The summed E-state index contributed by atoms with van der Waals surface area (Å²) in [5.41, 5.74) is 7.81. The van der Waals surface area contributed by atoms with E-state index in [2.05, 4.69) is 39.4 Å². The van der Waals surface area contributed by atoms with E-state index in [1.165, 1.54) is 17.3 Å². The number of nitrogens with one attached hydrogen (secondary N) is 2. The summed E-state index contributed by atoms with van der Waals surface area (Å²) in [6.07, 6.45) is 0. The van der Waals surface area contributed by atoms with Gasteiger partial charge in [0, 0.05) is 12.2 Å². The summed E-state index contributed by atoms with van der Waals surface area (Å²) in [5.74, 6) is 2.40. The Balaban J connectivity index is 1.90. The Morgan fingerprint density at radius 3 is 2.60 bits per heavy atom. The summed E-state index contributed by atoms with van der Waals surface area (Å²) in [6.45, 7) is 6.83. The molecule has 8 heteroatoms. The average Bonchev–Trinajstić information content (AvgIpc) is 2.54. The molecule has 1 aromatic heterocycles. The molecule has 0 bridgehead atoms. The number of anilines is 3. The number of nitrogens with two attached hydrogens (primary N) is 1. The quantitative estimate of drug-likeness (QED) is 0.664. The van der Waals surface area contributed by atoms with Gasteiger partial charge in [-0.25, -0.2) is 0 Å². The molecule has 0 aliphatic carbocycles. The van der Waals surface area contributed by atoms with E-state index < -0.39 is 0 Å². The zero-order valence-electron chi connectivity index (χ0n) is 14.7. The highest BCUT2D eigenvalue weighted by molar-refractivity contribution is 7.99. The summed E-state index contributed by atoms with van der Waals surface area (Å²) in [6, 6.07) is 7.89. The number of nitrogens with zero attached hydrogens (tertiary/aromatic N) is 3. The van der Waals surface area contributed by atoms with E-state index >= 15 is 0 Å². The smallest absolute Gasteiger partial charge is 0.232 e. The Kier molecular flexibility index (Phi) is 7.00. The van der Waals surface area contributed by atoms with Crippen molar-refractivity contribution in [2.75, 3.05) is 23.3 Å². The maximum absolute atomic E-state index is 11.7. The van der Waals surface area contributed by atoms with Gasteiger partial charge in [-0.15, -0.1) is 11.8 Å². The fourth-order valence-electron chi connectivity index (χ4n) is 1.93. The van der Waals surface area contributed by atoms with Gasteiger partial charge in [0.2, 0.25) is 17.8 Å². The number of aromatic nitrogens is 3. The monoisotopic (exact) mass is 360 g/mol. The summed E-state index contributed by atoms with van der Waals surface area (Å²) in [4.78, 5) is 24.3. The van der Waals surface area contributed by atoms with Gasteiger partial charge in [0.05, 0.1) is 11.5 Å². The van der Waals surface area contributed by atoms with Crippen molar-refractivity contribution >= 4 is 35.3 Å². The SMILES string of the molecule is Cc1ccc(Nc2nc(N)nc(CSCC(=O)NCC(C)C)n2)cc1. The first-order chi connectivity index (χ1) is 11.9. The van der Waals surface area contributed by atoms with Gasteiger partial charge < -0.3 is 16.4 Å². The van der Waals surface area contributed by atoms with Crippen LogP contribution in [0.15, 0.2) is 24.3 Å². The molecule has 7 nitrogen and oxygen atoms in total. The Morgan fingerprint density at radius 1 is 1.20 bits per heavy atom. The van der Waals surface area contributed by atoms with Crippen molar-refractivity contribution in [1.82, 2.24) is 20.3 Å². The van der Waals surface area contributed by atoms with E-state index in [9.17, 15) is 4.79 Å². The molecule has 25 heavy (non-hydrogen) atoms. The molecular weight excluding hydrogens is 336 g/mol. The van der Waals surface area contributed by atoms with Gasteiger partial charge in [0.1, 0.15) is 5.82 Å². The van der Waals surface area contributed by atoms with Crippen molar-refractivity contribution in [3.05, 3.63) is 35.7 Å². The summed E-state index contributed by atoms with van der Waals surface area (Å²) >= 11 is 1.44. The van der Waals surface area contributed by atoms with Crippen LogP contribution in [0.2, 0.25) is 0 Å². The van der Waals surface area contributed by atoms with Gasteiger partial charge >= 0.3 is 0 Å². The molecule has 0 radical (unpaired) electrons. The highest BCUT2D eigenvalue weighted by Gasteiger charge is 2.07. The van der Waals surface area contributed by atoms with Crippen molar-refractivity contribution in [2.24, 2.45) is 5.92 Å². The summed E-state index contributed by atoms with van der Waals surface area (Å²) in [7, 11) is 0. The number of aryl methyl sites for hydroxylation is 1. The van der Waals surface area contributed by atoms with E-state index in [0.29, 0.717) is 35.7 Å². The lowest BCUT2D eigenvalue weighted by Gasteiger charge is -2.08. The molecule has 2 aromatic rings. The lowest BCUT2D eigenvalue weighted by Crippen LogP contribution is -2.28. The van der Waals surface area contributed by atoms with Crippen molar-refractivity contribution in [2.45, 2.75) is 26.5 Å². The second-order valence-electron chi connectivity index (χ2n) is 6.12. The van der Waals surface area contributed by atoms with Crippen LogP contribution in [0, 0.1) is 12.8 Å². The predicted octanol–water partition coefficient (Wildman–Crippen LogP) is 2.51. The van der Waals surface area contributed by atoms with Crippen LogP contribution in [0.1, 0.15) is 25.2 Å². The maximum atomic E-state index is 11.7. The van der Waals surface area contributed by atoms with Gasteiger partial charge in [0.15, 0.2) is 0 Å². The fraction of sp³-hybridized carbons (Fsp3) is 0.412. The van der Waals surface area contributed by atoms with E-state index in [1.54, 1.807) is 0 Å². The second-order valence-corrected chi connectivity index (χ2v) is 7.10. The van der Waals surface area contributed by atoms with Gasteiger partial charge in [-0.2, -0.15) is 15.0 Å². The number of benzene rings is 1. The Bertz CT molecular complexity index is 705. The summed E-state index contributed by atoms with van der Waals surface area (Å²) in [5, 5.41) is 5.99. The highest BCUT2D eigenvalue weighted by atomic mass is 32.2. The third-order valence-corrected chi connectivity index (χ3v) is 4.11. The first kappa shape index (κ1) is 19.0. The Hall–Kier alpha value is -2.35. The largest absolute Gasteiger partial charge is 0.368 e. The van der Waals surface area contributed by atoms with Crippen LogP contribution >= 0.6 is 11.8 Å². The highest BCUT2D eigenvalue weighted by Crippen LogP contribution is 2.16. The van der Waals surface area contributed by atoms with E-state index in [1.807, 2.05) is 31.2 Å². The number of hydrogen-bond acceptors (Lipinski definition) is 7. The minimum Gasteiger partial charge on any atom is -0.368 e. The van der Waals surface area contributed by atoms with Gasteiger partial charge in [0.25, 0.3) is 0 Å². The van der Waals surface area contributed by atoms with Gasteiger partial charge in [-0.05, 0) is 25.0 Å². The number of carbonyl (C=O) groups excluding carboxylic acids is 1. The lowest BCUT2D eigenvalue weighted by molar-refractivity contribution is -0.118. The zero-order valence-corrected chi connectivity index (χ0v) is 15.6. The van der Waals surface area contributed by atoms with Crippen molar-refractivity contribution in [1.29, 1.82) is 0 Å². The molecule has 134 valence electrons. The van der Waals surface area contributed by atoms with Crippen LogP contribution in [-0.2, 0) is 10.5 Å². The van der Waals surface area contributed by atoms with E-state index in [-0.39, 0.29) is 11.9 Å². The lowest BCUT2D eigenvalue weighted by atomic mass is 10.2. The Morgan fingerprint density at radius 2 is 1.92 bits per heavy atom. The third-order valence-electron chi connectivity index (χ3n) is 3.18. The molecule has 1 aromatic carbocycles. The van der Waals surface area contributed by atoms with E-state index in [4.69, 9.17) is 5.73 Å². The molecule has 0 atom stereocenters. The van der Waals surface area contributed by atoms with Crippen molar-refractivity contribution in [3.8, 4) is 0 Å². The van der Waals surface area contributed by atoms with Crippen LogP contribution < -0.4 is 16.4 Å². The normalized spacial score (nSPS) is 10.7. The number of carbonyl (C=O) groups is 1. The van der Waals surface area contributed by atoms with Crippen molar-refractivity contribution in [3.63, 3.8) is 0 Å². The molecule has 0 spiro atoms. The standard InChI is InChI=1S/C17H24N6OS/c1-11(2)8-19-15(24)10-25-9-14-21-16(18)23-17(22-14)20-13-6-4-12(3)5-7-13/h4-7,11H,8-10H2,1-3H3,(H,19,24)(H3,18,20,21,22,23). The first-order valence-corrected chi connectivity index (χ1v) is 9.26. The number of hydrogen-bond donors (Lipinski definition) is 3. The number of nitrogen functional groups attached to an aromatic ring is 1. The predicted molar refractivity (Wildman–Crippen MR) is 103 cm³/mol. The molecule has 0 fully saturated rings. The molecular formula is C17H24N6OS. The number of thioether (sulfide) groups is 1. The molecule has 0 unspecified atom stereocenters. The minimum atomic E-state index is 0.0127. The van der Waals surface area contributed by atoms with Gasteiger partial charge in [-0.1, -0.05) is 31.5 Å². The molecule has 0 aliphatic rings. The van der Waals surface area contributed by atoms with Gasteiger partial charge in [-0.3, -0.25) is 4.79 Å². The van der Waals surface area contributed by atoms with Crippen molar-refractivity contribution < 1.29 is 4.79 Å². The third kappa shape index (κ3) is 6.96. The summed E-state index contributed by atoms with van der Waals surface area (Å²) < 4.78 is 0. The Labute approximate surface area is 152 Å². The molecule has 0 saturated carbocycles.